The summed E-state index contributed by atoms with van der Waals surface area (Å²) in [6, 6.07) is 4.20. The van der Waals surface area contributed by atoms with E-state index < -0.39 is 10.0 Å². The van der Waals surface area contributed by atoms with Crippen molar-refractivity contribution in [2.45, 2.75) is 58.3 Å². The summed E-state index contributed by atoms with van der Waals surface area (Å²) in [6.07, 6.45) is 7.02. The Hall–Kier alpha value is -2.45. The second-order valence-electron chi connectivity index (χ2n) is 9.34. The molecule has 0 spiro atoms. The van der Waals surface area contributed by atoms with Gasteiger partial charge in [0.15, 0.2) is 10.7 Å². The van der Waals surface area contributed by atoms with Crippen LogP contribution >= 0.6 is 0 Å². The maximum Gasteiger partial charge on any atom is 0.248 e. The van der Waals surface area contributed by atoms with Crippen LogP contribution in [-0.2, 0) is 14.8 Å². The number of aromatic nitrogens is 1. The molecule has 0 bridgehead atoms. The van der Waals surface area contributed by atoms with Gasteiger partial charge in [0.25, 0.3) is 0 Å². The lowest BCUT2D eigenvalue weighted by Crippen LogP contribution is -2.46. The van der Waals surface area contributed by atoms with Crippen molar-refractivity contribution in [2.24, 2.45) is 5.92 Å². The highest BCUT2D eigenvalue weighted by molar-refractivity contribution is 7.89. The molecular weight excluding hydrogens is 438 g/mol. The lowest BCUT2D eigenvalue weighted by molar-refractivity contribution is -0.135. The van der Waals surface area contributed by atoms with Gasteiger partial charge in [-0.1, -0.05) is 28.9 Å². The zero-order chi connectivity index (χ0) is 23.8. The number of amides is 1. The Kier molecular flexibility index (Phi) is 6.77. The number of sulfonamides is 1. The third-order valence-corrected chi connectivity index (χ3v) is 8.75. The molecule has 2 aromatic rings. The summed E-state index contributed by atoms with van der Waals surface area (Å²) in [5.74, 6) is 0.0170. The van der Waals surface area contributed by atoms with Gasteiger partial charge in [-0.15, -0.1) is 0 Å². The van der Waals surface area contributed by atoms with Crippen LogP contribution in [0.5, 0.6) is 0 Å². The van der Waals surface area contributed by atoms with Gasteiger partial charge in [0, 0.05) is 26.2 Å². The first-order chi connectivity index (χ1) is 15.7. The smallest absolute Gasteiger partial charge is 0.248 e. The molecule has 1 atom stereocenters. The molecule has 33 heavy (non-hydrogen) atoms. The molecule has 178 valence electrons. The Morgan fingerprint density at radius 2 is 1.70 bits per heavy atom. The molecule has 0 radical (unpaired) electrons. The Balaban J connectivity index is 1.60. The fourth-order valence-corrected chi connectivity index (χ4v) is 6.87. The first kappa shape index (κ1) is 23.7. The molecule has 1 aromatic heterocycles. The van der Waals surface area contributed by atoms with E-state index in [2.05, 4.69) is 24.2 Å². The van der Waals surface area contributed by atoms with E-state index in [4.69, 9.17) is 4.52 Å². The Bertz CT molecular complexity index is 1150. The van der Waals surface area contributed by atoms with Gasteiger partial charge >= 0.3 is 0 Å². The van der Waals surface area contributed by atoms with Crippen LogP contribution in [0, 0.1) is 33.6 Å². The molecule has 0 unspecified atom stereocenters. The number of piperidine rings is 1. The minimum atomic E-state index is -3.85. The van der Waals surface area contributed by atoms with E-state index in [1.165, 1.54) is 9.87 Å². The molecule has 2 aliphatic heterocycles. The predicted molar refractivity (Wildman–Crippen MR) is 128 cm³/mol. The number of aryl methyl sites for hydroxylation is 4. The van der Waals surface area contributed by atoms with Crippen molar-refractivity contribution >= 4 is 28.1 Å². The van der Waals surface area contributed by atoms with Crippen LogP contribution in [0.25, 0.3) is 12.2 Å². The van der Waals surface area contributed by atoms with Gasteiger partial charge in [-0.2, -0.15) is 4.31 Å². The number of hydrogen-bond donors (Lipinski definition) is 0. The molecule has 1 amide bonds. The van der Waals surface area contributed by atoms with Crippen LogP contribution in [0.15, 0.2) is 21.6 Å². The SMILES string of the molecule is Cc1cc(C)c(/C=C/c2onc(C)c2S(=O)(=O)N2CCC[C@H](C(=O)N3CCCC3)C2)c(C)c1. The lowest BCUT2D eigenvalue weighted by atomic mass is 9.98. The first-order valence-electron chi connectivity index (χ1n) is 11.7. The number of nitrogens with zero attached hydrogens (tertiary/aromatic N) is 3. The van der Waals surface area contributed by atoms with Gasteiger partial charge in [-0.3, -0.25) is 4.79 Å². The first-order valence-corrected chi connectivity index (χ1v) is 13.1. The molecule has 4 rings (SSSR count). The number of likely N-dealkylation sites (tertiary alicyclic amines) is 1. The Morgan fingerprint density at radius 1 is 1.03 bits per heavy atom. The van der Waals surface area contributed by atoms with Crippen molar-refractivity contribution in [3.05, 3.63) is 45.8 Å². The third-order valence-electron chi connectivity index (χ3n) is 6.72. The van der Waals surface area contributed by atoms with Crippen LogP contribution in [0.2, 0.25) is 0 Å². The Labute approximate surface area is 196 Å². The number of carbonyl (C=O) groups is 1. The number of benzene rings is 1. The van der Waals surface area contributed by atoms with E-state index in [0.29, 0.717) is 18.7 Å². The van der Waals surface area contributed by atoms with Crippen LogP contribution in [0.4, 0.5) is 0 Å². The normalized spacial score (nSPS) is 20.1. The summed E-state index contributed by atoms with van der Waals surface area (Å²) < 4.78 is 34.1. The summed E-state index contributed by atoms with van der Waals surface area (Å²) in [6.45, 7) is 9.94. The zero-order valence-electron chi connectivity index (χ0n) is 19.9. The second-order valence-corrected chi connectivity index (χ2v) is 11.2. The summed E-state index contributed by atoms with van der Waals surface area (Å²) in [5, 5.41) is 3.96. The maximum absolute atomic E-state index is 13.6. The average molecular weight is 472 g/mol. The van der Waals surface area contributed by atoms with Gasteiger partial charge in [0.2, 0.25) is 15.9 Å². The molecule has 2 saturated heterocycles. The van der Waals surface area contributed by atoms with Crippen molar-refractivity contribution in [3.8, 4) is 0 Å². The predicted octanol–water partition coefficient (Wildman–Crippen LogP) is 4.10. The number of hydrogen-bond acceptors (Lipinski definition) is 5. The molecule has 0 N–H and O–H groups in total. The molecule has 7 nitrogen and oxygen atoms in total. The number of rotatable bonds is 5. The lowest BCUT2D eigenvalue weighted by Gasteiger charge is -2.33. The van der Waals surface area contributed by atoms with Crippen LogP contribution < -0.4 is 0 Å². The fourth-order valence-electron chi connectivity index (χ4n) is 5.10. The molecule has 2 fully saturated rings. The molecule has 0 saturated carbocycles. The van der Waals surface area contributed by atoms with Crippen molar-refractivity contribution in [3.63, 3.8) is 0 Å². The largest absolute Gasteiger partial charge is 0.355 e. The van der Waals surface area contributed by atoms with Crippen molar-refractivity contribution in [1.82, 2.24) is 14.4 Å². The van der Waals surface area contributed by atoms with Crippen LogP contribution in [0.3, 0.4) is 0 Å². The summed E-state index contributed by atoms with van der Waals surface area (Å²) in [4.78, 5) is 14.9. The van der Waals surface area contributed by atoms with E-state index in [1.54, 1.807) is 13.0 Å². The van der Waals surface area contributed by atoms with E-state index in [1.807, 2.05) is 24.8 Å². The van der Waals surface area contributed by atoms with Gasteiger partial charge in [0.1, 0.15) is 5.69 Å². The van der Waals surface area contributed by atoms with E-state index in [-0.39, 0.29) is 29.0 Å². The maximum atomic E-state index is 13.6. The summed E-state index contributed by atoms with van der Waals surface area (Å²) in [5.41, 5.74) is 4.78. The van der Waals surface area contributed by atoms with Gasteiger partial charge in [0.05, 0.1) is 5.92 Å². The summed E-state index contributed by atoms with van der Waals surface area (Å²) in [7, 11) is -3.85. The van der Waals surface area contributed by atoms with Crippen molar-refractivity contribution < 1.29 is 17.7 Å². The quantitative estimate of drug-likeness (QED) is 0.656. The molecular formula is C25H33N3O4S. The van der Waals surface area contributed by atoms with Crippen molar-refractivity contribution in [2.75, 3.05) is 26.2 Å². The molecule has 0 aliphatic carbocycles. The number of carbonyl (C=O) groups excluding carboxylic acids is 1. The van der Waals surface area contributed by atoms with E-state index in [0.717, 1.165) is 49.0 Å². The minimum absolute atomic E-state index is 0.0832. The monoisotopic (exact) mass is 471 g/mol. The van der Waals surface area contributed by atoms with Crippen molar-refractivity contribution in [1.29, 1.82) is 0 Å². The topological polar surface area (TPSA) is 83.7 Å². The highest BCUT2D eigenvalue weighted by Gasteiger charge is 2.38. The highest BCUT2D eigenvalue weighted by atomic mass is 32.2. The Morgan fingerprint density at radius 3 is 2.36 bits per heavy atom. The molecule has 8 heteroatoms. The standard InChI is InChI=1S/C25H33N3O4S/c1-17-14-18(2)22(19(3)15-17)9-10-23-24(20(4)26-32-23)33(30,31)28-13-7-8-21(16-28)25(29)27-11-5-6-12-27/h9-10,14-15,21H,5-8,11-13,16H2,1-4H3/b10-9+/t21-/m0/s1. The van der Waals surface area contributed by atoms with Gasteiger partial charge in [-0.25, -0.2) is 8.42 Å². The molecule has 2 aliphatic rings. The zero-order valence-corrected chi connectivity index (χ0v) is 20.7. The van der Waals surface area contributed by atoms with E-state index in [9.17, 15) is 13.2 Å². The minimum Gasteiger partial charge on any atom is -0.355 e. The molecule has 1 aromatic carbocycles. The molecule has 3 heterocycles. The fraction of sp³-hybridized carbons (Fsp3) is 0.520. The van der Waals surface area contributed by atoms with E-state index >= 15 is 0 Å². The third kappa shape index (κ3) is 4.77. The van der Waals surface area contributed by atoms with Gasteiger partial charge in [-0.05, 0) is 76.1 Å². The average Bonchev–Trinajstić information content (AvgIpc) is 3.43. The second kappa shape index (κ2) is 9.43. The highest BCUT2D eigenvalue weighted by Crippen LogP contribution is 2.30. The van der Waals surface area contributed by atoms with Crippen LogP contribution in [0.1, 0.15) is 59.4 Å². The van der Waals surface area contributed by atoms with Gasteiger partial charge < -0.3 is 9.42 Å². The summed E-state index contributed by atoms with van der Waals surface area (Å²) >= 11 is 0. The van der Waals surface area contributed by atoms with Crippen LogP contribution in [-0.4, -0.2) is 54.9 Å².